The lowest BCUT2D eigenvalue weighted by Gasteiger charge is -2.22. The van der Waals surface area contributed by atoms with Crippen molar-refractivity contribution in [3.8, 4) is 0 Å². The lowest BCUT2D eigenvalue weighted by Crippen LogP contribution is -2.37. The number of anilines is 1. The maximum atomic E-state index is 13.4. The smallest absolute Gasteiger partial charge is 0.243 e. The van der Waals surface area contributed by atoms with Gasteiger partial charge in [0.25, 0.3) is 0 Å². The van der Waals surface area contributed by atoms with Gasteiger partial charge in [0.1, 0.15) is 0 Å². The van der Waals surface area contributed by atoms with Crippen molar-refractivity contribution in [3.05, 3.63) is 107 Å². The fourth-order valence-corrected chi connectivity index (χ4v) is 5.22. The summed E-state index contributed by atoms with van der Waals surface area (Å²) >= 11 is 12.1. The minimum absolute atomic E-state index is 0.0446. The van der Waals surface area contributed by atoms with Gasteiger partial charge in [-0.3, -0.25) is 4.79 Å². The van der Waals surface area contributed by atoms with E-state index in [0.29, 0.717) is 21.3 Å². The number of halogens is 2. The van der Waals surface area contributed by atoms with E-state index >= 15 is 0 Å². The average Bonchev–Trinajstić information content (AvgIpc) is 2.82. The quantitative estimate of drug-likeness (QED) is 0.341. The van der Waals surface area contributed by atoms with E-state index < -0.39 is 15.9 Å². The molecule has 0 fully saturated rings. The van der Waals surface area contributed by atoms with Gasteiger partial charge in [0.05, 0.1) is 21.5 Å². The van der Waals surface area contributed by atoms with Gasteiger partial charge in [-0.15, -0.1) is 0 Å². The van der Waals surface area contributed by atoms with Crippen molar-refractivity contribution >= 4 is 55.6 Å². The summed E-state index contributed by atoms with van der Waals surface area (Å²) in [5.41, 5.74) is 1.23. The molecule has 0 bridgehead atoms. The van der Waals surface area contributed by atoms with E-state index in [1.807, 2.05) is 36.4 Å². The molecular formula is C25H20Cl2N2O3S. The Balaban J connectivity index is 1.63. The summed E-state index contributed by atoms with van der Waals surface area (Å²) in [6.45, 7) is -0.419. The molecule has 4 rings (SSSR count). The summed E-state index contributed by atoms with van der Waals surface area (Å²) < 4.78 is 27.9. The fraction of sp³-hybridized carbons (Fsp3) is 0.0800. The Morgan fingerprint density at radius 1 is 0.818 bits per heavy atom. The number of rotatable bonds is 7. The van der Waals surface area contributed by atoms with Gasteiger partial charge < -0.3 is 5.32 Å². The van der Waals surface area contributed by atoms with Gasteiger partial charge in [-0.1, -0.05) is 83.9 Å². The number of hydrogen-bond acceptors (Lipinski definition) is 3. The van der Waals surface area contributed by atoms with E-state index in [2.05, 4.69) is 5.32 Å². The van der Waals surface area contributed by atoms with Crippen LogP contribution in [0.5, 0.6) is 0 Å². The summed E-state index contributed by atoms with van der Waals surface area (Å²) in [4.78, 5) is 13.1. The summed E-state index contributed by atoms with van der Waals surface area (Å²) in [5, 5.41) is 5.37. The highest BCUT2D eigenvalue weighted by Crippen LogP contribution is 2.26. The third-order valence-electron chi connectivity index (χ3n) is 5.11. The number of sulfonamides is 1. The first kappa shape index (κ1) is 23.3. The van der Waals surface area contributed by atoms with Gasteiger partial charge in [-0.2, -0.15) is 4.31 Å². The number of carbonyl (C=O) groups excluding carboxylic acids is 1. The second kappa shape index (κ2) is 9.93. The molecule has 0 unspecified atom stereocenters. The van der Waals surface area contributed by atoms with Gasteiger partial charge >= 0.3 is 0 Å². The number of hydrogen-bond donors (Lipinski definition) is 1. The Kier molecular flexibility index (Phi) is 7.00. The fourth-order valence-electron chi connectivity index (χ4n) is 3.49. The number of benzene rings is 4. The molecule has 0 saturated carbocycles. The summed E-state index contributed by atoms with van der Waals surface area (Å²) in [5.74, 6) is -0.453. The first-order valence-corrected chi connectivity index (χ1v) is 12.3. The molecule has 1 N–H and O–H groups in total. The van der Waals surface area contributed by atoms with Crippen LogP contribution in [0.25, 0.3) is 10.8 Å². The van der Waals surface area contributed by atoms with Crippen LogP contribution in [0.2, 0.25) is 10.0 Å². The standard InChI is InChI=1S/C25H20Cl2N2O3S/c26-22-14-13-18(15-23(22)27)16-29(33(31,32)20-9-2-1-3-10-20)17-25(30)28-24-12-6-8-19-7-4-5-11-21(19)24/h1-15H,16-17H2,(H,28,30). The number of nitrogens with zero attached hydrogens (tertiary/aromatic N) is 1. The lowest BCUT2D eigenvalue weighted by molar-refractivity contribution is -0.116. The first-order chi connectivity index (χ1) is 15.8. The van der Waals surface area contributed by atoms with E-state index in [1.54, 1.807) is 42.5 Å². The van der Waals surface area contributed by atoms with Crippen LogP contribution in [0.1, 0.15) is 5.56 Å². The van der Waals surface area contributed by atoms with Crippen molar-refractivity contribution in [2.24, 2.45) is 0 Å². The third kappa shape index (κ3) is 5.37. The Hall–Kier alpha value is -2.90. The van der Waals surface area contributed by atoms with Crippen molar-refractivity contribution in [2.75, 3.05) is 11.9 Å². The summed E-state index contributed by atoms with van der Waals surface area (Å²) in [7, 11) is -3.96. The molecule has 8 heteroatoms. The van der Waals surface area contributed by atoms with Crippen LogP contribution in [0, 0.1) is 0 Å². The zero-order valence-corrected chi connectivity index (χ0v) is 19.7. The van der Waals surface area contributed by atoms with Crippen molar-refractivity contribution < 1.29 is 13.2 Å². The molecule has 0 atom stereocenters. The van der Waals surface area contributed by atoms with E-state index in [0.717, 1.165) is 15.1 Å². The van der Waals surface area contributed by atoms with Crippen molar-refractivity contribution in [1.82, 2.24) is 4.31 Å². The molecular weight excluding hydrogens is 479 g/mol. The molecule has 5 nitrogen and oxygen atoms in total. The Labute approximate surface area is 202 Å². The molecule has 0 aliphatic carbocycles. The minimum Gasteiger partial charge on any atom is -0.324 e. The summed E-state index contributed by atoms with van der Waals surface area (Å²) in [6.07, 6.45) is 0. The first-order valence-electron chi connectivity index (χ1n) is 10.1. The molecule has 0 radical (unpaired) electrons. The monoisotopic (exact) mass is 498 g/mol. The third-order valence-corrected chi connectivity index (χ3v) is 7.65. The highest BCUT2D eigenvalue weighted by molar-refractivity contribution is 7.89. The second-order valence-electron chi connectivity index (χ2n) is 7.41. The molecule has 0 aromatic heterocycles. The van der Waals surface area contributed by atoms with Gasteiger partial charge in [0.15, 0.2) is 0 Å². The molecule has 33 heavy (non-hydrogen) atoms. The van der Waals surface area contributed by atoms with Crippen molar-refractivity contribution in [1.29, 1.82) is 0 Å². The van der Waals surface area contributed by atoms with Crippen molar-refractivity contribution in [2.45, 2.75) is 11.4 Å². The Bertz CT molecular complexity index is 1400. The molecule has 4 aromatic rings. The lowest BCUT2D eigenvalue weighted by atomic mass is 10.1. The number of nitrogens with one attached hydrogen (secondary N) is 1. The second-order valence-corrected chi connectivity index (χ2v) is 10.2. The molecule has 168 valence electrons. The molecule has 0 aliphatic heterocycles. The Morgan fingerprint density at radius 3 is 2.27 bits per heavy atom. The zero-order chi connectivity index (χ0) is 23.4. The zero-order valence-electron chi connectivity index (χ0n) is 17.4. The van der Waals surface area contributed by atoms with Crippen LogP contribution < -0.4 is 5.32 Å². The van der Waals surface area contributed by atoms with E-state index in [1.165, 1.54) is 12.1 Å². The van der Waals surface area contributed by atoms with Gasteiger partial charge in [-0.25, -0.2) is 8.42 Å². The van der Waals surface area contributed by atoms with Crippen LogP contribution in [-0.4, -0.2) is 25.2 Å². The van der Waals surface area contributed by atoms with Crippen LogP contribution in [0.15, 0.2) is 95.9 Å². The van der Waals surface area contributed by atoms with Crippen molar-refractivity contribution in [3.63, 3.8) is 0 Å². The minimum atomic E-state index is -3.96. The van der Waals surface area contributed by atoms with Crippen LogP contribution in [-0.2, 0) is 21.4 Å². The number of carbonyl (C=O) groups is 1. The van der Waals surface area contributed by atoms with Crippen LogP contribution in [0.3, 0.4) is 0 Å². The largest absolute Gasteiger partial charge is 0.324 e. The van der Waals surface area contributed by atoms with Crippen LogP contribution in [0.4, 0.5) is 5.69 Å². The molecule has 4 aromatic carbocycles. The van der Waals surface area contributed by atoms with Gasteiger partial charge in [0, 0.05) is 17.6 Å². The topological polar surface area (TPSA) is 66.5 Å². The maximum absolute atomic E-state index is 13.4. The Morgan fingerprint density at radius 2 is 1.52 bits per heavy atom. The number of fused-ring (bicyclic) bond motifs is 1. The van der Waals surface area contributed by atoms with Crippen LogP contribution >= 0.6 is 23.2 Å². The molecule has 0 aliphatic rings. The highest BCUT2D eigenvalue weighted by atomic mass is 35.5. The highest BCUT2D eigenvalue weighted by Gasteiger charge is 2.27. The molecule has 1 amide bonds. The van der Waals surface area contributed by atoms with E-state index in [-0.39, 0.29) is 18.0 Å². The predicted octanol–water partition coefficient (Wildman–Crippen LogP) is 5.98. The molecule has 0 spiro atoms. The molecule has 0 heterocycles. The number of amides is 1. The van der Waals surface area contributed by atoms with Gasteiger partial charge in [0.2, 0.25) is 15.9 Å². The summed E-state index contributed by atoms with van der Waals surface area (Å²) in [6, 6.07) is 26.1. The SMILES string of the molecule is O=C(CN(Cc1ccc(Cl)c(Cl)c1)S(=O)(=O)c1ccccc1)Nc1cccc2ccccc12. The predicted molar refractivity (Wildman–Crippen MR) is 133 cm³/mol. The average molecular weight is 499 g/mol. The van der Waals surface area contributed by atoms with E-state index in [9.17, 15) is 13.2 Å². The van der Waals surface area contributed by atoms with Gasteiger partial charge in [-0.05, 0) is 41.3 Å². The van der Waals surface area contributed by atoms with E-state index in [4.69, 9.17) is 23.2 Å². The molecule has 0 saturated heterocycles. The maximum Gasteiger partial charge on any atom is 0.243 e. The normalized spacial score (nSPS) is 11.6.